The number of hydrogen-bond acceptors (Lipinski definition) is 4. The van der Waals surface area contributed by atoms with Crippen LogP contribution in [0.5, 0.6) is 5.75 Å². The second kappa shape index (κ2) is 11.2. The summed E-state index contributed by atoms with van der Waals surface area (Å²) in [5, 5.41) is 1.77. The van der Waals surface area contributed by atoms with Gasteiger partial charge in [-0.2, -0.15) is 0 Å². The van der Waals surface area contributed by atoms with Crippen LogP contribution in [0.25, 0.3) is 22.2 Å². The number of carbonyl (C=O) groups excluding carboxylic acids is 1. The van der Waals surface area contributed by atoms with Crippen LogP contribution in [0.1, 0.15) is 33.6 Å². The van der Waals surface area contributed by atoms with Crippen molar-refractivity contribution in [3.63, 3.8) is 0 Å². The van der Waals surface area contributed by atoms with Gasteiger partial charge in [0.25, 0.3) is 5.91 Å². The average Bonchev–Trinajstić information content (AvgIpc) is 3.57. The zero-order valence-electron chi connectivity index (χ0n) is 20.6. The van der Waals surface area contributed by atoms with E-state index in [0.717, 1.165) is 61.0 Å². The molecule has 5 nitrogen and oxygen atoms in total. The number of aromatic amines is 1. The molecule has 0 aliphatic heterocycles. The predicted octanol–water partition coefficient (Wildman–Crippen LogP) is 8.15. The number of nitrogens with one attached hydrogen (secondary N) is 2. The van der Waals surface area contributed by atoms with Gasteiger partial charge in [-0.25, -0.2) is 0 Å². The molecular formula is C30H27ClN2O3S. The third-order valence-electron chi connectivity index (χ3n) is 6.21. The van der Waals surface area contributed by atoms with E-state index in [2.05, 4.69) is 9.71 Å². The minimum Gasteiger partial charge on any atom is -0.494 e. The van der Waals surface area contributed by atoms with Gasteiger partial charge >= 0.3 is 0 Å². The predicted molar refractivity (Wildman–Crippen MR) is 151 cm³/mol. The van der Waals surface area contributed by atoms with E-state index >= 15 is 0 Å². The lowest BCUT2D eigenvalue weighted by molar-refractivity contribution is 0.0979. The van der Waals surface area contributed by atoms with Crippen molar-refractivity contribution in [2.45, 2.75) is 31.6 Å². The average molecular weight is 531 g/mol. The highest BCUT2D eigenvalue weighted by molar-refractivity contribution is 7.98. The fourth-order valence-electron chi connectivity index (χ4n) is 4.44. The molecule has 5 rings (SSSR count). The summed E-state index contributed by atoms with van der Waals surface area (Å²) in [6, 6.07) is 23.5. The third-order valence-corrected chi connectivity index (χ3v) is 7.60. The van der Waals surface area contributed by atoms with Crippen LogP contribution in [0.4, 0.5) is 0 Å². The molecule has 2 heterocycles. The molecule has 0 unspecified atom stereocenters. The SMILES string of the molecule is Cc1cc(OCCCc2c(C(=O)NSc3ccccc3)[nH]c3c(-c4ccco4)cccc23)cc(C)c1Cl. The summed E-state index contributed by atoms with van der Waals surface area (Å²) in [6.45, 7) is 4.47. The van der Waals surface area contributed by atoms with Crippen molar-refractivity contribution >= 4 is 40.4 Å². The first-order valence-electron chi connectivity index (χ1n) is 12.1. The summed E-state index contributed by atoms with van der Waals surface area (Å²) in [6.07, 6.45) is 3.07. The maximum Gasteiger partial charge on any atom is 0.278 e. The van der Waals surface area contributed by atoms with Crippen molar-refractivity contribution in [3.05, 3.63) is 106 Å². The molecular weight excluding hydrogens is 504 g/mol. The number of furan rings is 1. The number of aromatic nitrogens is 1. The number of carbonyl (C=O) groups is 1. The van der Waals surface area contributed by atoms with Crippen LogP contribution in [0.2, 0.25) is 5.02 Å². The Balaban J connectivity index is 1.39. The number of benzene rings is 3. The minimum atomic E-state index is -0.171. The summed E-state index contributed by atoms with van der Waals surface area (Å²) in [5.74, 6) is 1.38. The lowest BCUT2D eigenvalue weighted by Gasteiger charge is -2.10. The minimum absolute atomic E-state index is 0.171. The van der Waals surface area contributed by atoms with Crippen LogP contribution in [-0.4, -0.2) is 17.5 Å². The van der Waals surface area contributed by atoms with Crippen LogP contribution in [0.3, 0.4) is 0 Å². The summed E-state index contributed by atoms with van der Waals surface area (Å²) in [4.78, 5) is 17.7. The maximum atomic E-state index is 13.3. The van der Waals surface area contributed by atoms with Gasteiger partial charge in [0.05, 0.1) is 18.4 Å². The first-order chi connectivity index (χ1) is 18.0. The number of rotatable bonds is 9. The highest BCUT2D eigenvalue weighted by atomic mass is 35.5. The van der Waals surface area contributed by atoms with Crippen molar-refractivity contribution < 1.29 is 13.9 Å². The molecule has 5 aromatic rings. The van der Waals surface area contributed by atoms with E-state index < -0.39 is 0 Å². The van der Waals surface area contributed by atoms with Crippen LogP contribution in [0.15, 0.2) is 88.4 Å². The first-order valence-corrected chi connectivity index (χ1v) is 13.3. The normalized spacial score (nSPS) is 11.1. The zero-order chi connectivity index (χ0) is 25.8. The van der Waals surface area contributed by atoms with Gasteiger partial charge in [0.15, 0.2) is 0 Å². The Morgan fingerprint density at radius 3 is 2.54 bits per heavy atom. The van der Waals surface area contributed by atoms with E-state index in [1.54, 1.807) is 6.26 Å². The highest BCUT2D eigenvalue weighted by Gasteiger charge is 2.20. The third kappa shape index (κ3) is 5.55. The van der Waals surface area contributed by atoms with E-state index in [4.69, 9.17) is 20.8 Å². The van der Waals surface area contributed by atoms with Crippen molar-refractivity contribution in [2.75, 3.05) is 6.61 Å². The van der Waals surface area contributed by atoms with Gasteiger partial charge in [-0.1, -0.05) is 41.9 Å². The number of hydrogen-bond donors (Lipinski definition) is 2. The number of para-hydroxylation sites is 1. The van der Waals surface area contributed by atoms with Gasteiger partial charge in [-0.15, -0.1) is 0 Å². The lowest BCUT2D eigenvalue weighted by Crippen LogP contribution is -2.18. The molecule has 2 aromatic heterocycles. The Morgan fingerprint density at radius 1 is 1.03 bits per heavy atom. The molecule has 3 aromatic carbocycles. The smallest absolute Gasteiger partial charge is 0.278 e. The maximum absolute atomic E-state index is 13.3. The standard InChI is InChI=1S/C30H27ClN2O3S/c1-19-17-21(18-20(2)27(19)31)35-15-7-13-24-23-11-6-12-25(26-14-8-16-36-26)28(23)32-29(24)30(34)33-37-22-9-4-3-5-10-22/h3-6,8-12,14,16-18,32H,7,13,15H2,1-2H3,(H,33,34). The largest absolute Gasteiger partial charge is 0.494 e. The zero-order valence-corrected chi connectivity index (χ0v) is 22.2. The lowest BCUT2D eigenvalue weighted by atomic mass is 10.0. The molecule has 0 atom stereocenters. The molecule has 0 spiro atoms. The van der Waals surface area contributed by atoms with E-state index in [1.807, 2.05) is 86.6 Å². The Kier molecular flexibility index (Phi) is 7.58. The molecule has 0 aliphatic rings. The summed E-state index contributed by atoms with van der Waals surface area (Å²) in [5.41, 5.74) is 5.30. The molecule has 1 amide bonds. The number of H-pyrrole nitrogens is 1. The number of ether oxygens (including phenoxy) is 1. The second-order valence-electron chi connectivity index (χ2n) is 8.85. The second-order valence-corrected chi connectivity index (χ2v) is 10.1. The van der Waals surface area contributed by atoms with Crippen LogP contribution in [-0.2, 0) is 6.42 Å². The van der Waals surface area contributed by atoms with Gasteiger partial charge in [0.2, 0.25) is 0 Å². The monoisotopic (exact) mass is 530 g/mol. The van der Waals surface area contributed by atoms with Crippen LogP contribution < -0.4 is 9.46 Å². The topological polar surface area (TPSA) is 67.3 Å². The van der Waals surface area contributed by atoms with E-state index in [-0.39, 0.29) is 5.91 Å². The van der Waals surface area contributed by atoms with Gasteiger partial charge in [0.1, 0.15) is 17.2 Å². The Hall–Kier alpha value is -3.61. The van der Waals surface area contributed by atoms with Crippen LogP contribution in [0, 0.1) is 13.8 Å². The number of fused-ring (bicyclic) bond motifs is 1. The fourth-order valence-corrected chi connectivity index (χ4v) is 5.15. The van der Waals surface area contributed by atoms with E-state index in [9.17, 15) is 4.79 Å². The molecule has 0 saturated carbocycles. The highest BCUT2D eigenvalue weighted by Crippen LogP contribution is 2.33. The number of aryl methyl sites for hydroxylation is 3. The van der Waals surface area contributed by atoms with Gasteiger partial charge in [-0.3, -0.25) is 9.52 Å². The Bertz CT molecular complexity index is 1500. The molecule has 37 heavy (non-hydrogen) atoms. The molecule has 188 valence electrons. The first kappa shape index (κ1) is 25.1. The van der Waals surface area contributed by atoms with Crippen molar-refractivity contribution in [1.82, 2.24) is 9.71 Å². The summed E-state index contributed by atoms with van der Waals surface area (Å²) < 4.78 is 14.7. The molecule has 0 radical (unpaired) electrons. The van der Waals surface area contributed by atoms with E-state index in [0.29, 0.717) is 18.7 Å². The molecule has 2 N–H and O–H groups in total. The van der Waals surface area contributed by atoms with Gasteiger partial charge in [-0.05, 0) is 97.8 Å². The molecule has 0 fully saturated rings. The summed E-state index contributed by atoms with van der Waals surface area (Å²) >= 11 is 7.59. The Morgan fingerprint density at radius 2 is 1.81 bits per heavy atom. The van der Waals surface area contributed by atoms with E-state index in [1.165, 1.54) is 11.9 Å². The molecule has 0 aliphatic carbocycles. The molecule has 0 saturated heterocycles. The molecule has 0 bridgehead atoms. The number of amides is 1. The molecule has 7 heteroatoms. The van der Waals surface area contributed by atoms with Crippen molar-refractivity contribution in [2.24, 2.45) is 0 Å². The summed E-state index contributed by atoms with van der Waals surface area (Å²) in [7, 11) is 0. The fraction of sp³-hybridized carbons (Fsp3) is 0.167. The van der Waals surface area contributed by atoms with Crippen LogP contribution >= 0.6 is 23.5 Å². The van der Waals surface area contributed by atoms with Crippen molar-refractivity contribution in [1.29, 1.82) is 0 Å². The van der Waals surface area contributed by atoms with Gasteiger partial charge in [0, 0.05) is 20.9 Å². The van der Waals surface area contributed by atoms with Gasteiger partial charge < -0.3 is 14.1 Å². The van der Waals surface area contributed by atoms with Crippen molar-refractivity contribution in [3.8, 4) is 17.1 Å². The Labute approximate surface area is 225 Å². The number of halogens is 1. The quantitative estimate of drug-likeness (QED) is 0.149.